The van der Waals surface area contributed by atoms with Gasteiger partial charge in [-0.15, -0.1) is 0 Å². The van der Waals surface area contributed by atoms with Crippen LogP contribution in [-0.4, -0.2) is 36.4 Å². The summed E-state index contributed by atoms with van der Waals surface area (Å²) in [6, 6.07) is 20.0. The predicted octanol–water partition coefficient (Wildman–Crippen LogP) is 4.77. The summed E-state index contributed by atoms with van der Waals surface area (Å²) >= 11 is 0. The van der Waals surface area contributed by atoms with Crippen molar-refractivity contribution in [1.82, 2.24) is 10.2 Å². The highest BCUT2D eigenvalue weighted by Gasteiger charge is 2.34. The van der Waals surface area contributed by atoms with Crippen LogP contribution in [0.4, 0.5) is 0 Å². The van der Waals surface area contributed by atoms with Crippen molar-refractivity contribution >= 4 is 11.8 Å². The smallest absolute Gasteiger partial charge is 0.290 e. The lowest BCUT2D eigenvalue weighted by Gasteiger charge is -2.32. The zero-order valence-corrected chi connectivity index (χ0v) is 18.9. The van der Waals surface area contributed by atoms with Crippen molar-refractivity contribution in [2.45, 2.75) is 44.2 Å². The Hall–Kier alpha value is -3.54. The number of methoxy groups -OCH3 is 1. The maximum Gasteiger partial charge on any atom is 0.290 e. The monoisotopic (exact) mass is 446 g/mol. The number of nitrogens with zero attached hydrogens (tertiary/aromatic N) is 1. The molecule has 0 bridgehead atoms. The molecule has 1 saturated carbocycles. The fourth-order valence-corrected chi connectivity index (χ4v) is 4.39. The highest BCUT2D eigenvalue weighted by Crippen LogP contribution is 2.27. The van der Waals surface area contributed by atoms with Crippen LogP contribution in [0.2, 0.25) is 0 Å². The molecule has 1 aliphatic carbocycles. The van der Waals surface area contributed by atoms with Crippen LogP contribution in [-0.2, 0) is 11.2 Å². The van der Waals surface area contributed by atoms with Gasteiger partial charge in [0.25, 0.3) is 5.91 Å². The van der Waals surface area contributed by atoms with E-state index in [1.54, 1.807) is 24.1 Å². The second-order valence-electron chi connectivity index (χ2n) is 8.38. The van der Waals surface area contributed by atoms with E-state index < -0.39 is 6.04 Å². The molecule has 4 rings (SSSR count). The number of carbonyl (C=O) groups excluding carboxylic acids is 2. The van der Waals surface area contributed by atoms with E-state index in [4.69, 9.17) is 9.15 Å². The van der Waals surface area contributed by atoms with Crippen LogP contribution in [0.3, 0.4) is 0 Å². The summed E-state index contributed by atoms with van der Waals surface area (Å²) in [5.74, 6) is 0.440. The Morgan fingerprint density at radius 1 is 1.03 bits per heavy atom. The van der Waals surface area contributed by atoms with Gasteiger partial charge in [-0.3, -0.25) is 9.59 Å². The lowest BCUT2D eigenvalue weighted by molar-refractivity contribution is -0.126. The van der Waals surface area contributed by atoms with Crippen molar-refractivity contribution in [2.24, 2.45) is 0 Å². The molecule has 6 nitrogen and oxygen atoms in total. The number of benzene rings is 2. The topological polar surface area (TPSA) is 71.8 Å². The average Bonchev–Trinajstić information content (AvgIpc) is 3.57. The van der Waals surface area contributed by atoms with Crippen LogP contribution in [0, 0.1) is 0 Å². The van der Waals surface area contributed by atoms with Crippen LogP contribution in [0.15, 0.2) is 77.4 Å². The third-order valence-corrected chi connectivity index (χ3v) is 6.17. The molecule has 0 unspecified atom stereocenters. The molecule has 1 atom stereocenters. The standard InChI is InChI=1S/C27H30N2O4/c1-32-23-15-13-21(14-16-23)25(26(30)28-22-10-5-6-11-22)29(27(31)24-12-7-19-33-24)18-17-20-8-3-2-4-9-20/h2-4,7-9,12-16,19,22,25H,5-6,10-11,17-18H2,1H3,(H,28,30)/t25-/m0/s1. The Morgan fingerprint density at radius 2 is 1.76 bits per heavy atom. The molecule has 2 aromatic carbocycles. The summed E-state index contributed by atoms with van der Waals surface area (Å²) in [6.45, 7) is 0.373. The number of amides is 2. The molecule has 0 radical (unpaired) electrons. The molecule has 0 spiro atoms. The molecule has 172 valence electrons. The van der Waals surface area contributed by atoms with Crippen molar-refractivity contribution in [3.05, 3.63) is 89.9 Å². The van der Waals surface area contributed by atoms with E-state index in [9.17, 15) is 9.59 Å². The van der Waals surface area contributed by atoms with Gasteiger partial charge in [0.1, 0.15) is 11.8 Å². The Labute approximate surface area is 194 Å². The Bertz CT molecular complexity index is 1030. The first kappa shape index (κ1) is 22.6. The van der Waals surface area contributed by atoms with Crippen LogP contribution in [0.5, 0.6) is 5.75 Å². The first-order valence-corrected chi connectivity index (χ1v) is 11.5. The van der Waals surface area contributed by atoms with Gasteiger partial charge < -0.3 is 19.4 Å². The SMILES string of the molecule is COc1ccc([C@@H](C(=O)NC2CCCC2)N(CCc2ccccc2)C(=O)c2ccco2)cc1. The molecule has 0 saturated heterocycles. The Morgan fingerprint density at radius 3 is 2.39 bits per heavy atom. The minimum Gasteiger partial charge on any atom is -0.497 e. The first-order chi connectivity index (χ1) is 16.2. The second-order valence-corrected chi connectivity index (χ2v) is 8.38. The van der Waals surface area contributed by atoms with Gasteiger partial charge in [0.2, 0.25) is 5.91 Å². The van der Waals surface area contributed by atoms with E-state index in [1.165, 1.54) is 6.26 Å². The van der Waals surface area contributed by atoms with Gasteiger partial charge in [-0.05, 0) is 54.7 Å². The van der Waals surface area contributed by atoms with Gasteiger partial charge in [0.05, 0.1) is 13.4 Å². The zero-order chi connectivity index (χ0) is 23.0. The van der Waals surface area contributed by atoms with E-state index in [2.05, 4.69) is 5.32 Å². The number of furan rings is 1. The third kappa shape index (κ3) is 5.64. The summed E-state index contributed by atoms with van der Waals surface area (Å²) in [5, 5.41) is 3.19. The number of hydrogen-bond donors (Lipinski definition) is 1. The Balaban J connectivity index is 1.67. The molecular weight excluding hydrogens is 416 g/mol. The molecule has 1 aliphatic rings. The van der Waals surface area contributed by atoms with Gasteiger partial charge in [0.15, 0.2) is 5.76 Å². The maximum absolute atomic E-state index is 13.6. The summed E-state index contributed by atoms with van der Waals surface area (Å²) < 4.78 is 10.7. The largest absolute Gasteiger partial charge is 0.497 e. The van der Waals surface area contributed by atoms with Gasteiger partial charge in [-0.2, -0.15) is 0 Å². The fourth-order valence-electron chi connectivity index (χ4n) is 4.39. The van der Waals surface area contributed by atoms with E-state index in [1.807, 2.05) is 54.6 Å². The van der Waals surface area contributed by atoms with Gasteiger partial charge in [-0.1, -0.05) is 55.3 Å². The summed E-state index contributed by atoms with van der Waals surface area (Å²) in [4.78, 5) is 28.8. The van der Waals surface area contributed by atoms with Crippen molar-refractivity contribution < 1.29 is 18.7 Å². The van der Waals surface area contributed by atoms with E-state index >= 15 is 0 Å². The predicted molar refractivity (Wildman–Crippen MR) is 126 cm³/mol. The highest BCUT2D eigenvalue weighted by atomic mass is 16.5. The van der Waals surface area contributed by atoms with Crippen LogP contribution >= 0.6 is 0 Å². The molecule has 33 heavy (non-hydrogen) atoms. The lowest BCUT2D eigenvalue weighted by atomic mass is 10.0. The summed E-state index contributed by atoms with van der Waals surface area (Å²) in [7, 11) is 1.60. The minimum absolute atomic E-state index is 0.146. The molecule has 0 aliphatic heterocycles. The van der Waals surface area contributed by atoms with Crippen LogP contribution < -0.4 is 10.1 Å². The van der Waals surface area contributed by atoms with E-state index in [0.717, 1.165) is 36.8 Å². The summed E-state index contributed by atoms with van der Waals surface area (Å²) in [6.07, 6.45) is 6.26. The third-order valence-electron chi connectivity index (χ3n) is 6.17. The molecular formula is C27H30N2O4. The Kier molecular flexibility index (Phi) is 7.45. The number of carbonyl (C=O) groups is 2. The van der Waals surface area contributed by atoms with E-state index in [0.29, 0.717) is 18.7 Å². The lowest BCUT2D eigenvalue weighted by Crippen LogP contribution is -2.46. The van der Waals surface area contributed by atoms with Gasteiger partial charge in [-0.25, -0.2) is 0 Å². The van der Waals surface area contributed by atoms with Crippen LogP contribution in [0.1, 0.15) is 53.4 Å². The molecule has 1 heterocycles. The molecule has 1 fully saturated rings. The normalized spacial score (nSPS) is 14.6. The quantitative estimate of drug-likeness (QED) is 0.514. The number of rotatable bonds is 9. The zero-order valence-electron chi connectivity index (χ0n) is 18.9. The van der Waals surface area contributed by atoms with Crippen molar-refractivity contribution in [3.63, 3.8) is 0 Å². The average molecular weight is 447 g/mol. The van der Waals surface area contributed by atoms with E-state index in [-0.39, 0.29) is 23.6 Å². The first-order valence-electron chi connectivity index (χ1n) is 11.5. The molecule has 2 amide bonds. The minimum atomic E-state index is -0.780. The highest BCUT2D eigenvalue weighted by molar-refractivity contribution is 5.96. The summed E-state index contributed by atoms with van der Waals surface area (Å²) in [5.41, 5.74) is 1.83. The molecule has 3 aromatic rings. The number of ether oxygens (including phenoxy) is 1. The maximum atomic E-state index is 13.6. The number of nitrogens with one attached hydrogen (secondary N) is 1. The molecule has 6 heteroatoms. The fraction of sp³-hybridized carbons (Fsp3) is 0.333. The van der Waals surface area contributed by atoms with Gasteiger partial charge >= 0.3 is 0 Å². The van der Waals surface area contributed by atoms with Crippen LogP contribution in [0.25, 0.3) is 0 Å². The molecule has 1 N–H and O–H groups in total. The molecule has 1 aromatic heterocycles. The van der Waals surface area contributed by atoms with Crippen molar-refractivity contribution in [1.29, 1.82) is 0 Å². The van der Waals surface area contributed by atoms with Gasteiger partial charge in [0, 0.05) is 12.6 Å². The second kappa shape index (κ2) is 10.9. The van der Waals surface area contributed by atoms with Crippen molar-refractivity contribution in [2.75, 3.05) is 13.7 Å². The van der Waals surface area contributed by atoms with Crippen molar-refractivity contribution in [3.8, 4) is 5.75 Å². The number of hydrogen-bond acceptors (Lipinski definition) is 4.